The van der Waals surface area contributed by atoms with Crippen LogP contribution in [0.5, 0.6) is 0 Å². The van der Waals surface area contributed by atoms with Gasteiger partial charge >= 0.3 is 5.97 Å². The Kier molecular flexibility index (Phi) is 2.49. The average molecular weight is 257 g/mol. The zero-order chi connectivity index (χ0) is 13.7. The van der Waals surface area contributed by atoms with Gasteiger partial charge < -0.3 is 10.1 Å². The predicted octanol–water partition coefficient (Wildman–Crippen LogP) is 2.61. The molecule has 0 aliphatic heterocycles. The Labute approximate surface area is 110 Å². The van der Waals surface area contributed by atoms with E-state index in [1.807, 2.05) is 26.0 Å². The first-order chi connectivity index (χ1) is 8.97. The van der Waals surface area contributed by atoms with E-state index in [0.717, 1.165) is 27.7 Å². The number of carbonyl (C=O) groups excluding carboxylic acids is 1. The van der Waals surface area contributed by atoms with Crippen LogP contribution in [0.15, 0.2) is 12.1 Å². The molecule has 0 saturated heterocycles. The highest BCUT2D eigenvalue weighted by Gasteiger charge is 2.32. The molecule has 1 aliphatic carbocycles. The molecule has 0 saturated carbocycles. The van der Waals surface area contributed by atoms with Gasteiger partial charge in [-0.05, 0) is 31.0 Å². The predicted molar refractivity (Wildman–Crippen MR) is 71.6 cm³/mol. The Morgan fingerprint density at radius 2 is 2.05 bits per heavy atom. The largest absolute Gasteiger partial charge is 0.481 e. The lowest BCUT2D eigenvalue weighted by molar-refractivity contribution is -0.141. The first-order valence-corrected chi connectivity index (χ1v) is 6.35. The van der Waals surface area contributed by atoms with Crippen molar-refractivity contribution < 1.29 is 14.7 Å². The number of ketones is 1. The van der Waals surface area contributed by atoms with E-state index < -0.39 is 11.9 Å². The van der Waals surface area contributed by atoms with E-state index in [-0.39, 0.29) is 12.2 Å². The number of aromatic amines is 1. The number of benzene rings is 1. The van der Waals surface area contributed by atoms with Gasteiger partial charge in [0.15, 0.2) is 5.78 Å². The summed E-state index contributed by atoms with van der Waals surface area (Å²) in [5.41, 5.74) is 4.60. The van der Waals surface area contributed by atoms with E-state index in [4.69, 9.17) is 5.11 Å². The van der Waals surface area contributed by atoms with Gasteiger partial charge in [0.05, 0.1) is 5.92 Å². The summed E-state index contributed by atoms with van der Waals surface area (Å²) in [6.45, 7) is 3.99. The number of carboxylic acid groups (broad SMARTS) is 1. The second-order valence-corrected chi connectivity index (χ2v) is 5.35. The van der Waals surface area contributed by atoms with Gasteiger partial charge in [0, 0.05) is 35.0 Å². The lowest BCUT2D eigenvalue weighted by Gasteiger charge is -2.17. The highest BCUT2D eigenvalue weighted by molar-refractivity contribution is 6.12. The van der Waals surface area contributed by atoms with Crippen LogP contribution in [-0.2, 0) is 11.2 Å². The molecule has 0 radical (unpaired) electrons. The number of carboxylic acids is 1. The van der Waals surface area contributed by atoms with Crippen molar-refractivity contribution >= 4 is 22.7 Å². The summed E-state index contributed by atoms with van der Waals surface area (Å²) in [6.07, 6.45) is 0.506. The molecule has 1 atom stereocenters. The lowest BCUT2D eigenvalue weighted by atomic mass is 9.85. The fourth-order valence-electron chi connectivity index (χ4n) is 3.05. The molecule has 98 valence electrons. The summed E-state index contributed by atoms with van der Waals surface area (Å²) in [6, 6.07) is 4.05. The van der Waals surface area contributed by atoms with Crippen molar-refractivity contribution in [1.29, 1.82) is 0 Å². The molecule has 4 nitrogen and oxygen atoms in total. The average Bonchev–Trinajstić information content (AvgIpc) is 2.67. The molecular formula is C15H15NO3. The number of aliphatic carboxylic acids is 1. The zero-order valence-corrected chi connectivity index (χ0v) is 10.9. The van der Waals surface area contributed by atoms with Crippen LogP contribution in [0.3, 0.4) is 0 Å². The molecular weight excluding hydrogens is 242 g/mol. The minimum Gasteiger partial charge on any atom is -0.481 e. The molecule has 3 rings (SSSR count). The summed E-state index contributed by atoms with van der Waals surface area (Å²) in [7, 11) is 0. The summed E-state index contributed by atoms with van der Waals surface area (Å²) < 4.78 is 0. The fraction of sp³-hybridized carbons (Fsp3) is 0.333. The third-order valence-corrected chi connectivity index (χ3v) is 3.83. The number of aryl methyl sites for hydroxylation is 2. The second kappa shape index (κ2) is 3.95. The fourth-order valence-corrected chi connectivity index (χ4v) is 3.05. The van der Waals surface area contributed by atoms with Gasteiger partial charge in [0.1, 0.15) is 0 Å². The topological polar surface area (TPSA) is 70.2 Å². The van der Waals surface area contributed by atoms with E-state index >= 15 is 0 Å². The summed E-state index contributed by atoms with van der Waals surface area (Å²) in [5.74, 6) is -1.56. The number of fused-ring (bicyclic) bond motifs is 3. The van der Waals surface area contributed by atoms with Crippen molar-refractivity contribution in [3.05, 3.63) is 34.5 Å². The number of rotatable bonds is 1. The molecule has 1 unspecified atom stereocenters. The molecule has 2 N–H and O–H groups in total. The maximum Gasteiger partial charge on any atom is 0.307 e. The first kappa shape index (κ1) is 12.0. The van der Waals surface area contributed by atoms with Crippen LogP contribution >= 0.6 is 0 Å². The van der Waals surface area contributed by atoms with Crippen molar-refractivity contribution in [3.63, 3.8) is 0 Å². The third-order valence-electron chi connectivity index (χ3n) is 3.83. The van der Waals surface area contributed by atoms with E-state index in [2.05, 4.69) is 4.98 Å². The summed E-state index contributed by atoms with van der Waals surface area (Å²) in [4.78, 5) is 26.5. The Morgan fingerprint density at radius 3 is 2.74 bits per heavy atom. The van der Waals surface area contributed by atoms with E-state index in [1.54, 1.807) is 0 Å². The third kappa shape index (κ3) is 1.75. The quantitative estimate of drug-likeness (QED) is 0.825. The lowest BCUT2D eigenvalue weighted by Crippen LogP contribution is -2.26. The minimum atomic E-state index is -0.898. The van der Waals surface area contributed by atoms with Crippen LogP contribution in [0.1, 0.15) is 33.6 Å². The molecule has 1 aliphatic rings. The van der Waals surface area contributed by atoms with Crippen LogP contribution in [0.25, 0.3) is 10.9 Å². The van der Waals surface area contributed by atoms with E-state index in [0.29, 0.717) is 12.0 Å². The number of Topliss-reactive ketones (excluding diaryl/α,β-unsaturated/α-hetero) is 1. The molecule has 0 spiro atoms. The van der Waals surface area contributed by atoms with Gasteiger partial charge in [-0.15, -0.1) is 0 Å². The number of H-pyrrole nitrogens is 1. The van der Waals surface area contributed by atoms with Gasteiger partial charge in [-0.3, -0.25) is 9.59 Å². The SMILES string of the molecule is Cc1cc(C)c2c3c([nH]c2c1)CC(C(=O)O)CC3=O. The van der Waals surface area contributed by atoms with Crippen molar-refractivity contribution in [2.45, 2.75) is 26.7 Å². The maximum atomic E-state index is 12.2. The molecule has 1 aromatic heterocycles. The van der Waals surface area contributed by atoms with Crippen LogP contribution in [0.4, 0.5) is 0 Å². The van der Waals surface area contributed by atoms with Gasteiger partial charge in [0.2, 0.25) is 0 Å². The van der Waals surface area contributed by atoms with E-state index in [1.165, 1.54) is 0 Å². The van der Waals surface area contributed by atoms with Gasteiger partial charge in [-0.1, -0.05) is 6.07 Å². The number of carbonyl (C=O) groups is 2. The van der Waals surface area contributed by atoms with Crippen LogP contribution in [0.2, 0.25) is 0 Å². The van der Waals surface area contributed by atoms with Gasteiger partial charge in [-0.2, -0.15) is 0 Å². The normalized spacial score (nSPS) is 18.6. The summed E-state index contributed by atoms with van der Waals surface area (Å²) in [5, 5.41) is 10.0. The number of nitrogens with one attached hydrogen (secondary N) is 1. The Balaban J connectivity index is 2.24. The molecule has 4 heteroatoms. The first-order valence-electron chi connectivity index (χ1n) is 6.35. The molecule has 2 aromatic rings. The molecule has 0 amide bonds. The zero-order valence-electron chi connectivity index (χ0n) is 10.9. The molecule has 0 fully saturated rings. The minimum absolute atomic E-state index is 0.0631. The van der Waals surface area contributed by atoms with Gasteiger partial charge in [-0.25, -0.2) is 0 Å². The molecule has 1 heterocycles. The highest BCUT2D eigenvalue weighted by atomic mass is 16.4. The van der Waals surface area contributed by atoms with Crippen LogP contribution in [-0.4, -0.2) is 21.8 Å². The number of aromatic nitrogens is 1. The van der Waals surface area contributed by atoms with Crippen molar-refractivity contribution in [1.82, 2.24) is 4.98 Å². The standard InChI is InChI=1S/C15H15NO3/c1-7-3-8(2)13-10(4-7)16-11-5-9(15(18)19)6-12(17)14(11)13/h3-4,9,16H,5-6H2,1-2H3,(H,18,19). The van der Waals surface area contributed by atoms with Crippen LogP contribution in [0, 0.1) is 19.8 Å². The molecule has 1 aromatic carbocycles. The number of hydrogen-bond acceptors (Lipinski definition) is 2. The summed E-state index contributed by atoms with van der Waals surface area (Å²) >= 11 is 0. The van der Waals surface area contributed by atoms with Crippen molar-refractivity contribution in [2.75, 3.05) is 0 Å². The van der Waals surface area contributed by atoms with Crippen LogP contribution < -0.4 is 0 Å². The monoisotopic (exact) mass is 257 g/mol. The molecule has 0 bridgehead atoms. The Morgan fingerprint density at radius 1 is 1.32 bits per heavy atom. The molecule has 19 heavy (non-hydrogen) atoms. The van der Waals surface area contributed by atoms with Crippen molar-refractivity contribution in [3.8, 4) is 0 Å². The van der Waals surface area contributed by atoms with E-state index in [9.17, 15) is 9.59 Å². The smallest absolute Gasteiger partial charge is 0.307 e. The second-order valence-electron chi connectivity index (χ2n) is 5.35. The Hall–Kier alpha value is -2.10. The number of hydrogen-bond donors (Lipinski definition) is 2. The van der Waals surface area contributed by atoms with Crippen molar-refractivity contribution in [2.24, 2.45) is 5.92 Å². The maximum absolute atomic E-state index is 12.2. The highest BCUT2D eigenvalue weighted by Crippen LogP contribution is 2.34. The van der Waals surface area contributed by atoms with Gasteiger partial charge in [0.25, 0.3) is 0 Å². The Bertz CT molecular complexity index is 712.